The van der Waals surface area contributed by atoms with E-state index in [0.717, 1.165) is 18.2 Å². The van der Waals surface area contributed by atoms with Gasteiger partial charge in [-0.25, -0.2) is 9.59 Å². The summed E-state index contributed by atoms with van der Waals surface area (Å²) in [6.07, 6.45) is 0. The number of hydrogen-bond acceptors (Lipinski definition) is 7. The fourth-order valence-electron chi connectivity index (χ4n) is 3.63. The molecule has 12 nitrogen and oxygen atoms in total. The van der Waals surface area contributed by atoms with Crippen LogP contribution >= 0.6 is 0 Å². The first-order valence-corrected chi connectivity index (χ1v) is 11.5. The summed E-state index contributed by atoms with van der Waals surface area (Å²) in [5.41, 5.74) is -0.555. The van der Waals surface area contributed by atoms with Gasteiger partial charge in [-0.05, 0) is 66.7 Å². The van der Waals surface area contributed by atoms with Crippen LogP contribution in [0.4, 0.5) is 17.1 Å². The molecule has 12 heteroatoms. The number of benzene rings is 4. The van der Waals surface area contributed by atoms with E-state index in [1.807, 2.05) is 0 Å². The minimum Gasteiger partial charge on any atom is -0.478 e. The first-order valence-electron chi connectivity index (χ1n) is 11.5. The highest BCUT2D eigenvalue weighted by molar-refractivity contribution is 6.11. The molecule has 4 aromatic carbocycles. The second kappa shape index (κ2) is 11.6. The number of nitro benzene ring substituents is 1. The molecule has 4 rings (SSSR count). The van der Waals surface area contributed by atoms with E-state index in [4.69, 9.17) is 4.74 Å². The summed E-state index contributed by atoms with van der Waals surface area (Å²) in [5.74, 6) is -3.22. The van der Waals surface area contributed by atoms with Gasteiger partial charge in [0, 0.05) is 23.5 Å². The molecule has 0 bridgehead atoms. The number of aromatic carboxylic acids is 2. The Kier molecular flexibility index (Phi) is 7.81. The fraction of sp³-hybridized carbons (Fsp3) is 0. The van der Waals surface area contributed by atoms with Gasteiger partial charge in [-0.3, -0.25) is 19.7 Å². The van der Waals surface area contributed by atoms with Crippen molar-refractivity contribution < 1.29 is 39.1 Å². The Morgan fingerprint density at radius 3 is 1.55 bits per heavy atom. The summed E-state index contributed by atoms with van der Waals surface area (Å²) in [5, 5.41) is 34.8. The van der Waals surface area contributed by atoms with Crippen molar-refractivity contribution in [3.63, 3.8) is 0 Å². The van der Waals surface area contributed by atoms with Gasteiger partial charge in [-0.2, -0.15) is 0 Å². The zero-order valence-corrected chi connectivity index (χ0v) is 20.4. The average Bonchev–Trinajstić information content (AvgIpc) is 2.94. The number of carbonyl (C=O) groups is 4. The van der Waals surface area contributed by atoms with Crippen LogP contribution in [0.5, 0.6) is 11.5 Å². The Labute approximate surface area is 225 Å². The molecule has 0 heterocycles. The zero-order valence-electron chi connectivity index (χ0n) is 20.4. The summed E-state index contributed by atoms with van der Waals surface area (Å²) in [6, 6.07) is 21.1. The summed E-state index contributed by atoms with van der Waals surface area (Å²) in [4.78, 5) is 58.3. The van der Waals surface area contributed by atoms with Gasteiger partial charge >= 0.3 is 11.9 Å². The smallest absolute Gasteiger partial charge is 0.336 e. The summed E-state index contributed by atoms with van der Waals surface area (Å²) in [6.45, 7) is 0. The van der Waals surface area contributed by atoms with Crippen molar-refractivity contribution in [2.45, 2.75) is 0 Å². The molecule has 0 atom stereocenters. The Hall–Kier alpha value is -6.04. The summed E-state index contributed by atoms with van der Waals surface area (Å²) < 4.78 is 5.76. The van der Waals surface area contributed by atoms with E-state index >= 15 is 0 Å². The van der Waals surface area contributed by atoms with Crippen LogP contribution < -0.4 is 15.4 Å². The molecule has 4 N–H and O–H groups in total. The van der Waals surface area contributed by atoms with Crippen LogP contribution in [0.3, 0.4) is 0 Å². The second-order valence-corrected chi connectivity index (χ2v) is 8.20. The lowest BCUT2D eigenvalue weighted by Gasteiger charge is -2.11. The number of rotatable bonds is 9. The molecule has 0 unspecified atom stereocenters. The number of nitrogens with zero attached hydrogens (tertiary/aromatic N) is 1. The van der Waals surface area contributed by atoms with Gasteiger partial charge in [-0.15, -0.1) is 0 Å². The molecule has 40 heavy (non-hydrogen) atoms. The summed E-state index contributed by atoms with van der Waals surface area (Å²) in [7, 11) is 0. The molecule has 0 aliphatic carbocycles. The van der Waals surface area contributed by atoms with Gasteiger partial charge in [-0.1, -0.05) is 12.1 Å². The van der Waals surface area contributed by atoms with Gasteiger partial charge in [0.1, 0.15) is 11.5 Å². The van der Waals surface area contributed by atoms with Crippen LogP contribution in [-0.2, 0) is 0 Å². The zero-order chi connectivity index (χ0) is 28.8. The van der Waals surface area contributed by atoms with Crippen LogP contribution in [0.2, 0.25) is 0 Å². The van der Waals surface area contributed by atoms with Crippen molar-refractivity contribution in [2.75, 3.05) is 10.6 Å². The first kappa shape index (κ1) is 27.0. The van der Waals surface area contributed by atoms with E-state index in [2.05, 4.69) is 10.6 Å². The van der Waals surface area contributed by atoms with Crippen LogP contribution in [0.15, 0.2) is 91.0 Å². The molecule has 0 aliphatic heterocycles. The number of ether oxygens (including phenoxy) is 1. The molecule has 2 amide bonds. The second-order valence-electron chi connectivity index (χ2n) is 8.20. The number of carbonyl (C=O) groups excluding carboxylic acids is 2. The van der Waals surface area contributed by atoms with Crippen molar-refractivity contribution in [3.05, 3.63) is 123 Å². The lowest BCUT2D eigenvalue weighted by atomic mass is 10.1. The van der Waals surface area contributed by atoms with Crippen molar-refractivity contribution in [3.8, 4) is 11.5 Å². The van der Waals surface area contributed by atoms with E-state index in [9.17, 15) is 39.5 Å². The minimum atomic E-state index is -1.40. The van der Waals surface area contributed by atoms with Crippen molar-refractivity contribution in [1.82, 2.24) is 0 Å². The molecule has 4 aromatic rings. The van der Waals surface area contributed by atoms with Gasteiger partial charge in [0.2, 0.25) is 0 Å². The number of nitro groups is 1. The highest BCUT2D eigenvalue weighted by atomic mass is 16.6. The number of carboxylic acid groups (broad SMARTS) is 2. The van der Waals surface area contributed by atoms with Crippen molar-refractivity contribution in [1.29, 1.82) is 0 Å². The lowest BCUT2D eigenvalue weighted by Crippen LogP contribution is -2.16. The molecule has 0 spiro atoms. The average molecular weight is 541 g/mol. The number of carboxylic acids is 2. The molecule has 0 saturated heterocycles. The Morgan fingerprint density at radius 1 is 0.625 bits per heavy atom. The third-order valence-corrected chi connectivity index (χ3v) is 5.55. The largest absolute Gasteiger partial charge is 0.478 e. The maximum atomic E-state index is 12.7. The Bertz CT molecular complexity index is 1630. The van der Waals surface area contributed by atoms with Crippen LogP contribution in [0.25, 0.3) is 0 Å². The van der Waals surface area contributed by atoms with Gasteiger partial charge in [0.15, 0.2) is 0 Å². The van der Waals surface area contributed by atoms with Gasteiger partial charge in [0.05, 0.1) is 27.2 Å². The number of hydrogen-bond donors (Lipinski definition) is 4. The first-order chi connectivity index (χ1) is 19.1. The third kappa shape index (κ3) is 6.26. The molecule has 0 aliphatic rings. The van der Waals surface area contributed by atoms with Crippen LogP contribution in [0, 0.1) is 10.1 Å². The van der Waals surface area contributed by atoms with Gasteiger partial charge < -0.3 is 25.6 Å². The predicted octanol–water partition coefficient (Wildman–Crippen LogP) is 5.29. The van der Waals surface area contributed by atoms with Crippen LogP contribution in [0.1, 0.15) is 41.4 Å². The van der Waals surface area contributed by atoms with E-state index in [0.29, 0.717) is 22.9 Å². The maximum absolute atomic E-state index is 12.7. The highest BCUT2D eigenvalue weighted by Crippen LogP contribution is 2.26. The summed E-state index contributed by atoms with van der Waals surface area (Å²) >= 11 is 0. The van der Waals surface area contributed by atoms with E-state index in [-0.39, 0.29) is 22.3 Å². The molecule has 0 aromatic heterocycles. The van der Waals surface area contributed by atoms with E-state index in [1.165, 1.54) is 30.3 Å². The predicted molar refractivity (Wildman–Crippen MR) is 142 cm³/mol. The molecule has 0 radical (unpaired) electrons. The van der Waals surface area contributed by atoms with Crippen molar-refractivity contribution in [2.24, 2.45) is 0 Å². The monoisotopic (exact) mass is 541 g/mol. The number of anilines is 2. The highest BCUT2D eigenvalue weighted by Gasteiger charge is 2.21. The van der Waals surface area contributed by atoms with E-state index in [1.54, 1.807) is 42.5 Å². The maximum Gasteiger partial charge on any atom is 0.336 e. The quantitative estimate of drug-likeness (QED) is 0.161. The van der Waals surface area contributed by atoms with Crippen LogP contribution in [-0.4, -0.2) is 38.9 Å². The normalized spacial score (nSPS) is 10.3. The lowest BCUT2D eigenvalue weighted by molar-refractivity contribution is -0.384. The number of non-ortho nitro benzene ring substituents is 1. The molecular weight excluding hydrogens is 522 g/mol. The molecule has 0 saturated carbocycles. The Balaban J connectivity index is 1.40. The molecule has 0 fully saturated rings. The Morgan fingerprint density at radius 2 is 1.07 bits per heavy atom. The molecular formula is C28H19N3O9. The van der Waals surface area contributed by atoms with Gasteiger partial charge in [0.25, 0.3) is 17.5 Å². The van der Waals surface area contributed by atoms with E-state index < -0.39 is 34.4 Å². The SMILES string of the molecule is O=C(O)c1ccccc1C(=O)Nc1ccc(Oc2ccc(NC(=O)c3cc([N+](=O)[O-])ccc3C(=O)O)cc2)cc1. The third-order valence-electron chi connectivity index (χ3n) is 5.55. The fourth-order valence-corrected chi connectivity index (χ4v) is 3.63. The number of nitrogens with one attached hydrogen (secondary N) is 2. The van der Waals surface area contributed by atoms with Crippen molar-refractivity contribution >= 4 is 40.8 Å². The topological polar surface area (TPSA) is 185 Å². The minimum absolute atomic E-state index is 0.0205. The standard InChI is InChI=1S/C28H19N3O9/c32-25(21-3-1-2-4-22(21)27(34)35)29-16-5-10-19(11-6-16)40-20-12-7-17(8-13-20)30-26(33)24-15-18(31(38)39)9-14-23(24)28(36)37/h1-15H,(H,29,32)(H,30,33)(H,34,35)(H,36,37). The molecule has 200 valence electrons. The number of amides is 2.